The van der Waals surface area contributed by atoms with Crippen molar-refractivity contribution in [3.63, 3.8) is 0 Å². The maximum absolute atomic E-state index is 13.0. The molecule has 2 aromatic carbocycles. The van der Waals surface area contributed by atoms with Gasteiger partial charge in [-0.05, 0) is 48.6 Å². The van der Waals surface area contributed by atoms with E-state index in [1.165, 1.54) is 16.9 Å². The van der Waals surface area contributed by atoms with Gasteiger partial charge in [0, 0.05) is 35.7 Å². The fourth-order valence-electron chi connectivity index (χ4n) is 4.32. The summed E-state index contributed by atoms with van der Waals surface area (Å²) in [5.74, 6) is 2.61. The third-order valence-electron chi connectivity index (χ3n) is 5.70. The van der Waals surface area contributed by atoms with E-state index in [9.17, 15) is 9.90 Å². The monoisotopic (exact) mass is 366 g/mol. The van der Waals surface area contributed by atoms with Crippen molar-refractivity contribution in [3.05, 3.63) is 58.7 Å². The first-order valence-electron chi connectivity index (χ1n) is 9.00. The van der Waals surface area contributed by atoms with Crippen LogP contribution in [0.2, 0.25) is 0 Å². The average molecular weight is 366 g/mol. The molecule has 26 heavy (non-hydrogen) atoms. The number of fused-ring (bicyclic) bond motifs is 3. The molecule has 1 fully saturated rings. The van der Waals surface area contributed by atoms with Gasteiger partial charge in [0.1, 0.15) is 5.84 Å². The van der Waals surface area contributed by atoms with Crippen LogP contribution in [0, 0.1) is 6.92 Å². The van der Waals surface area contributed by atoms with Gasteiger partial charge in [-0.15, -0.1) is 0 Å². The number of carbonyl (C=O) groups is 1. The van der Waals surface area contributed by atoms with Crippen LogP contribution in [-0.2, 0) is 11.5 Å². The second-order valence-electron chi connectivity index (χ2n) is 7.67. The number of rotatable bonds is 1. The van der Waals surface area contributed by atoms with Gasteiger partial charge < -0.3 is 10.0 Å². The average Bonchev–Trinajstić information content (AvgIpc) is 3.15. The normalized spacial score (nSPS) is 27.8. The highest BCUT2D eigenvalue weighted by Crippen LogP contribution is 2.43. The van der Waals surface area contributed by atoms with E-state index >= 15 is 0 Å². The quantitative estimate of drug-likeness (QED) is 0.760. The largest absolute Gasteiger partial charge is 0.374 e. The van der Waals surface area contributed by atoms with Crippen LogP contribution in [0.4, 0.5) is 11.4 Å². The van der Waals surface area contributed by atoms with E-state index in [1.54, 1.807) is 0 Å². The maximum Gasteiger partial charge on any atom is 0.204 e. The number of Topliss-reactive ketones (excluding diaryl/α,β-unsaturated/α-hetero) is 1. The number of anilines is 1. The molecule has 3 aliphatic rings. The zero-order chi connectivity index (χ0) is 18.1. The van der Waals surface area contributed by atoms with Gasteiger partial charge in [0.15, 0.2) is 5.60 Å². The number of aliphatic imine (C=N–C) groups is 1. The number of benzene rings is 2. The second-order valence-corrected chi connectivity index (χ2v) is 10.0. The first-order valence-corrected chi connectivity index (χ1v) is 11.2. The second kappa shape index (κ2) is 5.44. The molecule has 0 spiro atoms. The highest BCUT2D eigenvalue weighted by molar-refractivity contribution is 8.15. The van der Waals surface area contributed by atoms with Crippen molar-refractivity contribution in [1.82, 2.24) is 0 Å². The Kier molecular flexibility index (Phi) is 3.37. The fraction of sp³-hybridized carbons (Fsp3) is 0.333. The lowest BCUT2D eigenvalue weighted by molar-refractivity contribution is 0.0602. The van der Waals surface area contributed by atoms with Gasteiger partial charge >= 0.3 is 0 Å². The highest BCUT2D eigenvalue weighted by Gasteiger charge is 2.52. The highest BCUT2D eigenvalue weighted by atomic mass is 32.2. The van der Waals surface area contributed by atoms with Crippen molar-refractivity contribution in [2.24, 2.45) is 4.99 Å². The third kappa shape index (κ3) is 2.20. The van der Waals surface area contributed by atoms with Crippen LogP contribution in [0.25, 0.3) is 0 Å². The van der Waals surface area contributed by atoms with Crippen LogP contribution in [0.15, 0.2) is 41.4 Å². The van der Waals surface area contributed by atoms with Crippen LogP contribution in [0.5, 0.6) is 0 Å². The first kappa shape index (κ1) is 16.1. The number of ketones is 1. The van der Waals surface area contributed by atoms with E-state index in [2.05, 4.69) is 24.5 Å². The topological polar surface area (TPSA) is 52.9 Å². The Morgan fingerprint density at radius 2 is 1.96 bits per heavy atom. The van der Waals surface area contributed by atoms with E-state index in [1.807, 2.05) is 30.0 Å². The Balaban J connectivity index is 1.60. The molecule has 3 aliphatic heterocycles. The minimum Gasteiger partial charge on any atom is -0.374 e. The SMILES string of the molecule is Cc1ccc2c(c1)C(=O)[C@]1(O)CCN(c3ccc4c(c3)C[SH](C)C4)C1=N2. The Morgan fingerprint density at radius 1 is 1.15 bits per heavy atom. The van der Waals surface area contributed by atoms with Crippen molar-refractivity contribution in [1.29, 1.82) is 0 Å². The van der Waals surface area contributed by atoms with Crippen molar-refractivity contribution in [2.75, 3.05) is 17.7 Å². The lowest BCUT2D eigenvalue weighted by Gasteiger charge is -2.30. The Morgan fingerprint density at radius 3 is 2.81 bits per heavy atom. The van der Waals surface area contributed by atoms with Gasteiger partial charge in [-0.2, -0.15) is 0 Å². The van der Waals surface area contributed by atoms with Crippen molar-refractivity contribution >= 4 is 33.9 Å². The molecule has 1 N–H and O–H groups in total. The van der Waals surface area contributed by atoms with Crippen LogP contribution in [-0.4, -0.2) is 35.1 Å². The predicted octanol–water partition coefficient (Wildman–Crippen LogP) is 3.51. The summed E-state index contributed by atoms with van der Waals surface area (Å²) < 4.78 is 0. The smallest absolute Gasteiger partial charge is 0.204 e. The summed E-state index contributed by atoms with van der Waals surface area (Å²) in [6, 6.07) is 12.2. The molecule has 3 heterocycles. The lowest BCUT2D eigenvalue weighted by Crippen LogP contribution is -2.48. The molecule has 0 saturated carbocycles. The van der Waals surface area contributed by atoms with E-state index in [4.69, 9.17) is 4.99 Å². The maximum atomic E-state index is 13.0. The number of aliphatic hydroxyl groups is 1. The summed E-state index contributed by atoms with van der Waals surface area (Å²) in [6.45, 7) is 2.55. The number of carbonyl (C=O) groups excluding carboxylic acids is 1. The van der Waals surface area contributed by atoms with Gasteiger partial charge in [0.25, 0.3) is 0 Å². The molecule has 1 saturated heterocycles. The molecule has 0 bridgehead atoms. The molecule has 0 amide bonds. The van der Waals surface area contributed by atoms with Gasteiger partial charge in [0.05, 0.1) is 5.69 Å². The number of aryl methyl sites for hydroxylation is 1. The fourth-order valence-corrected chi connectivity index (χ4v) is 6.20. The number of hydrogen-bond donors (Lipinski definition) is 2. The zero-order valence-corrected chi connectivity index (χ0v) is 15.9. The zero-order valence-electron chi connectivity index (χ0n) is 15.0. The summed E-state index contributed by atoms with van der Waals surface area (Å²) >= 11 is 0. The van der Waals surface area contributed by atoms with E-state index in [0.29, 0.717) is 30.1 Å². The minimum atomic E-state index is -1.50. The summed E-state index contributed by atoms with van der Waals surface area (Å²) in [5.41, 5.74) is 4.58. The molecule has 5 heteroatoms. The van der Waals surface area contributed by atoms with Gasteiger partial charge in [0.2, 0.25) is 5.78 Å². The summed E-state index contributed by atoms with van der Waals surface area (Å²) in [4.78, 5) is 19.8. The molecule has 0 radical (unpaired) electrons. The van der Waals surface area contributed by atoms with Crippen LogP contribution in [0.1, 0.15) is 33.5 Å². The van der Waals surface area contributed by atoms with Crippen LogP contribution >= 0.6 is 10.9 Å². The molecule has 4 nitrogen and oxygen atoms in total. The van der Waals surface area contributed by atoms with Gasteiger partial charge in [-0.3, -0.25) is 4.79 Å². The summed E-state index contributed by atoms with van der Waals surface area (Å²) in [7, 11) is 0.0607. The number of nitrogens with zero attached hydrogens (tertiary/aromatic N) is 2. The third-order valence-corrected chi connectivity index (χ3v) is 7.46. The Bertz CT molecular complexity index is 984. The molecule has 2 aromatic rings. The minimum absolute atomic E-state index is 0.0607. The van der Waals surface area contributed by atoms with E-state index in [-0.39, 0.29) is 16.7 Å². The molecule has 134 valence electrons. The van der Waals surface area contributed by atoms with E-state index in [0.717, 1.165) is 17.0 Å². The Hall–Kier alpha value is -2.11. The first-order chi connectivity index (χ1) is 12.5. The molecular formula is C21H22N2O2S. The van der Waals surface area contributed by atoms with Crippen LogP contribution < -0.4 is 4.90 Å². The number of amidine groups is 1. The molecule has 1 unspecified atom stereocenters. The van der Waals surface area contributed by atoms with Crippen LogP contribution in [0.3, 0.4) is 0 Å². The summed E-state index contributed by atoms with van der Waals surface area (Å²) in [6.07, 6.45) is 2.72. The molecule has 2 atom stereocenters. The lowest BCUT2D eigenvalue weighted by atomic mass is 9.87. The molecule has 5 rings (SSSR count). The molecule has 0 aliphatic carbocycles. The Labute approximate surface area is 155 Å². The van der Waals surface area contributed by atoms with Crippen molar-refractivity contribution in [3.8, 4) is 0 Å². The number of hydrogen-bond acceptors (Lipinski definition) is 4. The van der Waals surface area contributed by atoms with Gasteiger partial charge in [-0.25, -0.2) is 15.9 Å². The van der Waals surface area contributed by atoms with Gasteiger partial charge in [-0.1, -0.05) is 17.7 Å². The number of thiol groups is 1. The van der Waals surface area contributed by atoms with Crippen molar-refractivity contribution in [2.45, 2.75) is 30.5 Å². The molecule has 0 aromatic heterocycles. The van der Waals surface area contributed by atoms with Crippen molar-refractivity contribution < 1.29 is 9.90 Å². The molecular weight excluding hydrogens is 344 g/mol. The van der Waals surface area contributed by atoms with E-state index < -0.39 is 5.60 Å². The standard InChI is InChI=1S/C21H22N2O2S/c1-13-3-6-18-17(9-13)19(24)21(25)7-8-23(20(21)22-18)16-5-4-14-11-26(2)12-15(14)10-16/h3-6,9-10,25-26H,7-8,11-12H2,1-2H3/t21-/m1/s1. The summed E-state index contributed by atoms with van der Waals surface area (Å²) in [5, 5.41) is 11.2. The predicted molar refractivity (Wildman–Crippen MR) is 108 cm³/mol.